The summed E-state index contributed by atoms with van der Waals surface area (Å²) in [5.41, 5.74) is 2.72. The molecule has 1 saturated heterocycles. The first-order valence-corrected chi connectivity index (χ1v) is 5.67. The normalized spacial score (nSPS) is 26.6. The van der Waals surface area contributed by atoms with E-state index < -0.39 is 0 Å². The monoisotopic (exact) mass is 231 g/mol. The van der Waals surface area contributed by atoms with Crippen molar-refractivity contribution in [3.63, 3.8) is 0 Å². The van der Waals surface area contributed by atoms with Gasteiger partial charge in [-0.3, -0.25) is 0 Å². The van der Waals surface area contributed by atoms with Crippen LogP contribution in [0.5, 0.6) is 0 Å². The van der Waals surface area contributed by atoms with Gasteiger partial charge in [0.2, 0.25) is 0 Å². The van der Waals surface area contributed by atoms with E-state index in [1.165, 1.54) is 5.57 Å². The number of aromatic nitrogens is 1. The number of nitrogens with one attached hydrogen (secondary N) is 1. The highest BCUT2D eigenvalue weighted by Gasteiger charge is 2.37. The number of nitrogens with zero attached hydrogens (tertiary/aromatic N) is 2. The van der Waals surface area contributed by atoms with E-state index in [1.54, 1.807) is 6.20 Å². The fraction of sp³-hybridized carbons (Fsp3) is 0.333. The lowest BCUT2D eigenvalue weighted by Gasteiger charge is -2.34. The van der Waals surface area contributed by atoms with Crippen LogP contribution in [-0.4, -0.2) is 17.6 Å². The molecule has 1 aromatic rings. The fourth-order valence-corrected chi connectivity index (χ4v) is 2.52. The highest BCUT2D eigenvalue weighted by Crippen LogP contribution is 2.37. The van der Waals surface area contributed by atoms with E-state index in [9.17, 15) is 0 Å². The van der Waals surface area contributed by atoms with Crippen molar-refractivity contribution in [3.8, 4) is 6.07 Å². The molecular formula is C12H10ClN3. The van der Waals surface area contributed by atoms with Gasteiger partial charge in [0, 0.05) is 18.8 Å². The van der Waals surface area contributed by atoms with E-state index in [2.05, 4.69) is 22.4 Å². The second-order valence-corrected chi connectivity index (χ2v) is 4.57. The molecule has 2 aliphatic rings. The predicted molar refractivity (Wildman–Crippen MR) is 61.8 cm³/mol. The molecule has 4 heteroatoms. The topological polar surface area (TPSA) is 48.7 Å². The SMILES string of the molecule is N#Cc1cc(C2=CC[C@H]3CN[C@@H]23)cnc1Cl. The van der Waals surface area contributed by atoms with Crippen LogP contribution in [0.3, 0.4) is 0 Å². The average molecular weight is 232 g/mol. The smallest absolute Gasteiger partial charge is 0.146 e. The van der Waals surface area contributed by atoms with Crippen molar-refractivity contribution in [2.45, 2.75) is 12.5 Å². The zero-order valence-corrected chi connectivity index (χ0v) is 9.33. The van der Waals surface area contributed by atoms with Crippen LogP contribution in [0.4, 0.5) is 0 Å². The van der Waals surface area contributed by atoms with Crippen LogP contribution < -0.4 is 5.32 Å². The number of hydrogen-bond donors (Lipinski definition) is 1. The van der Waals surface area contributed by atoms with Gasteiger partial charge >= 0.3 is 0 Å². The van der Waals surface area contributed by atoms with Crippen LogP contribution in [0.15, 0.2) is 18.3 Å². The maximum Gasteiger partial charge on any atom is 0.146 e. The van der Waals surface area contributed by atoms with E-state index in [4.69, 9.17) is 16.9 Å². The van der Waals surface area contributed by atoms with Crippen LogP contribution in [0.2, 0.25) is 5.15 Å². The van der Waals surface area contributed by atoms with Crippen molar-refractivity contribution in [2.75, 3.05) is 6.54 Å². The van der Waals surface area contributed by atoms with Crippen molar-refractivity contribution in [1.82, 2.24) is 10.3 Å². The molecule has 1 aliphatic carbocycles. The summed E-state index contributed by atoms with van der Waals surface area (Å²) in [6.45, 7) is 1.09. The lowest BCUT2D eigenvalue weighted by Crippen LogP contribution is -2.50. The van der Waals surface area contributed by atoms with Crippen molar-refractivity contribution >= 4 is 17.2 Å². The first-order valence-electron chi connectivity index (χ1n) is 5.29. The molecule has 0 saturated carbocycles. The summed E-state index contributed by atoms with van der Waals surface area (Å²) in [6, 6.07) is 4.34. The molecule has 16 heavy (non-hydrogen) atoms. The number of allylic oxidation sites excluding steroid dienone is 1. The molecule has 0 aromatic carbocycles. The third-order valence-corrected chi connectivity index (χ3v) is 3.64. The largest absolute Gasteiger partial charge is 0.309 e. The number of rotatable bonds is 1. The molecule has 0 amide bonds. The summed E-state index contributed by atoms with van der Waals surface area (Å²) in [6.07, 6.45) is 5.11. The van der Waals surface area contributed by atoms with Gasteiger partial charge in [-0.25, -0.2) is 4.98 Å². The average Bonchev–Trinajstić information content (AvgIpc) is 2.54. The first-order chi connectivity index (χ1) is 7.79. The van der Waals surface area contributed by atoms with E-state index in [0.717, 1.165) is 24.4 Å². The molecule has 2 heterocycles. The van der Waals surface area contributed by atoms with Crippen LogP contribution in [0.1, 0.15) is 17.5 Å². The molecule has 1 N–H and O–H groups in total. The number of hydrogen-bond acceptors (Lipinski definition) is 3. The van der Waals surface area contributed by atoms with Crippen LogP contribution in [-0.2, 0) is 0 Å². The lowest BCUT2D eigenvalue weighted by atomic mass is 9.89. The van der Waals surface area contributed by atoms with Crippen molar-refractivity contribution in [3.05, 3.63) is 34.6 Å². The van der Waals surface area contributed by atoms with Gasteiger partial charge in [-0.05, 0) is 29.5 Å². The summed E-state index contributed by atoms with van der Waals surface area (Å²) in [7, 11) is 0. The first kappa shape index (κ1) is 9.83. The Morgan fingerprint density at radius 1 is 1.56 bits per heavy atom. The minimum atomic E-state index is 0.281. The maximum atomic E-state index is 8.91. The predicted octanol–water partition coefficient (Wildman–Crippen LogP) is 1.98. The molecule has 2 atom stereocenters. The van der Waals surface area contributed by atoms with Gasteiger partial charge in [0.15, 0.2) is 0 Å². The Kier molecular flexibility index (Phi) is 2.20. The van der Waals surface area contributed by atoms with Crippen molar-refractivity contribution < 1.29 is 0 Å². The summed E-state index contributed by atoms with van der Waals surface area (Å²) in [4.78, 5) is 4.05. The molecule has 3 nitrogen and oxygen atoms in total. The van der Waals surface area contributed by atoms with Crippen molar-refractivity contribution in [1.29, 1.82) is 5.26 Å². The minimum Gasteiger partial charge on any atom is -0.309 e. The highest BCUT2D eigenvalue weighted by atomic mass is 35.5. The van der Waals surface area contributed by atoms with Crippen LogP contribution in [0.25, 0.3) is 5.57 Å². The van der Waals surface area contributed by atoms with Gasteiger partial charge in [0.1, 0.15) is 11.2 Å². The van der Waals surface area contributed by atoms with Gasteiger partial charge in [-0.1, -0.05) is 17.7 Å². The Balaban J connectivity index is 1.99. The minimum absolute atomic E-state index is 0.281. The second-order valence-electron chi connectivity index (χ2n) is 4.22. The third kappa shape index (κ3) is 1.35. The fourth-order valence-electron chi connectivity index (χ4n) is 2.37. The Morgan fingerprint density at radius 3 is 3.06 bits per heavy atom. The number of pyridine rings is 1. The summed E-state index contributed by atoms with van der Waals surface area (Å²) in [5, 5.41) is 12.6. The van der Waals surface area contributed by atoms with E-state index in [-0.39, 0.29) is 5.15 Å². The molecule has 1 aromatic heterocycles. The Morgan fingerprint density at radius 2 is 2.44 bits per heavy atom. The van der Waals surface area contributed by atoms with Gasteiger partial charge in [-0.2, -0.15) is 5.26 Å². The van der Waals surface area contributed by atoms with E-state index in [0.29, 0.717) is 11.6 Å². The number of nitriles is 1. The van der Waals surface area contributed by atoms with Crippen molar-refractivity contribution in [2.24, 2.45) is 5.92 Å². The third-order valence-electron chi connectivity index (χ3n) is 3.34. The molecule has 0 bridgehead atoms. The summed E-state index contributed by atoms with van der Waals surface area (Å²) >= 11 is 5.81. The molecule has 0 unspecified atom stereocenters. The highest BCUT2D eigenvalue weighted by molar-refractivity contribution is 6.30. The Hall–Kier alpha value is -1.37. The lowest BCUT2D eigenvalue weighted by molar-refractivity contribution is 0.307. The number of fused-ring (bicyclic) bond motifs is 1. The van der Waals surface area contributed by atoms with Gasteiger partial charge in [-0.15, -0.1) is 0 Å². The zero-order valence-electron chi connectivity index (χ0n) is 8.57. The molecule has 1 fully saturated rings. The summed E-state index contributed by atoms with van der Waals surface area (Å²) in [5.74, 6) is 0.733. The molecule has 0 spiro atoms. The molecule has 1 aliphatic heterocycles. The quantitative estimate of drug-likeness (QED) is 0.752. The number of halogens is 1. The van der Waals surface area contributed by atoms with E-state index >= 15 is 0 Å². The molecule has 0 radical (unpaired) electrons. The standard InChI is InChI=1S/C12H10ClN3/c13-12-8(4-14)3-9(6-16-12)10-2-1-7-5-15-11(7)10/h2-3,6-7,11,15H,1,5H2/t7-,11+/m0/s1. The van der Waals surface area contributed by atoms with Gasteiger partial charge in [0.25, 0.3) is 0 Å². The Labute approximate surface area is 98.8 Å². The molecular weight excluding hydrogens is 222 g/mol. The van der Waals surface area contributed by atoms with E-state index in [1.807, 2.05) is 6.07 Å². The Bertz CT molecular complexity index is 515. The molecule has 80 valence electrons. The second kappa shape index (κ2) is 3.58. The summed E-state index contributed by atoms with van der Waals surface area (Å²) < 4.78 is 0. The van der Waals surface area contributed by atoms with Gasteiger partial charge < -0.3 is 5.32 Å². The molecule has 3 rings (SSSR count). The van der Waals surface area contributed by atoms with Gasteiger partial charge in [0.05, 0.1) is 5.56 Å². The van der Waals surface area contributed by atoms with Crippen LogP contribution in [0, 0.1) is 17.2 Å². The van der Waals surface area contributed by atoms with Crippen LogP contribution >= 0.6 is 11.6 Å². The zero-order chi connectivity index (χ0) is 11.1. The maximum absolute atomic E-state index is 8.91.